The van der Waals surface area contributed by atoms with Gasteiger partial charge in [-0.25, -0.2) is 0 Å². The predicted molar refractivity (Wildman–Crippen MR) is 84.4 cm³/mol. The van der Waals surface area contributed by atoms with Crippen LogP contribution in [0.5, 0.6) is 17.2 Å². The van der Waals surface area contributed by atoms with E-state index in [1.807, 2.05) is 18.2 Å². The second-order valence-corrected chi connectivity index (χ2v) is 6.27. The maximum atomic E-state index is 6.24. The molecule has 0 amide bonds. The van der Waals surface area contributed by atoms with Crippen LogP contribution >= 0.6 is 0 Å². The lowest BCUT2D eigenvalue weighted by molar-refractivity contribution is 0.141. The summed E-state index contributed by atoms with van der Waals surface area (Å²) in [6, 6.07) is 6.04. The summed E-state index contributed by atoms with van der Waals surface area (Å²) < 4.78 is 16.8. The van der Waals surface area contributed by atoms with Gasteiger partial charge in [-0.05, 0) is 24.8 Å². The highest BCUT2D eigenvalue weighted by Gasteiger charge is 2.42. The average molecular weight is 293 g/mol. The summed E-state index contributed by atoms with van der Waals surface area (Å²) in [7, 11) is 3.30. The van der Waals surface area contributed by atoms with E-state index in [0.29, 0.717) is 6.04 Å². The number of rotatable bonds is 6. The lowest BCUT2D eigenvalue weighted by atomic mass is 9.87. The highest BCUT2D eigenvalue weighted by Crippen LogP contribution is 2.40. The van der Waals surface area contributed by atoms with Crippen molar-refractivity contribution in [3.63, 3.8) is 0 Å². The molecule has 21 heavy (non-hydrogen) atoms. The van der Waals surface area contributed by atoms with Gasteiger partial charge in [0.25, 0.3) is 0 Å². The molecule has 0 saturated heterocycles. The van der Waals surface area contributed by atoms with E-state index in [1.165, 1.54) is 0 Å². The van der Waals surface area contributed by atoms with Gasteiger partial charge in [0.15, 0.2) is 0 Å². The van der Waals surface area contributed by atoms with E-state index >= 15 is 0 Å². The van der Waals surface area contributed by atoms with Crippen LogP contribution in [0.3, 0.4) is 0 Å². The largest absolute Gasteiger partial charge is 0.496 e. The summed E-state index contributed by atoms with van der Waals surface area (Å²) >= 11 is 0. The maximum Gasteiger partial charge on any atom is 0.127 e. The number of benzene rings is 1. The van der Waals surface area contributed by atoms with Gasteiger partial charge in [0.1, 0.15) is 23.4 Å². The van der Waals surface area contributed by atoms with Gasteiger partial charge in [0.05, 0.1) is 14.2 Å². The molecule has 1 aliphatic carbocycles. The number of ether oxygens (including phenoxy) is 3. The molecular formula is C17H27NO3. The molecule has 0 bridgehead atoms. The van der Waals surface area contributed by atoms with E-state index < -0.39 is 0 Å². The summed E-state index contributed by atoms with van der Waals surface area (Å²) in [5.74, 6) is 2.31. The molecule has 4 nitrogen and oxygen atoms in total. The third-order valence-electron chi connectivity index (χ3n) is 4.32. The van der Waals surface area contributed by atoms with Crippen LogP contribution in [-0.2, 0) is 0 Å². The van der Waals surface area contributed by atoms with Crippen LogP contribution in [-0.4, -0.2) is 32.9 Å². The molecule has 1 saturated carbocycles. The van der Waals surface area contributed by atoms with Crippen molar-refractivity contribution < 1.29 is 14.2 Å². The Morgan fingerprint density at radius 2 is 1.67 bits per heavy atom. The van der Waals surface area contributed by atoms with Crippen LogP contribution in [0.2, 0.25) is 0 Å². The van der Waals surface area contributed by atoms with Gasteiger partial charge < -0.3 is 19.5 Å². The van der Waals surface area contributed by atoms with E-state index in [9.17, 15) is 0 Å². The molecule has 1 fully saturated rings. The smallest absolute Gasteiger partial charge is 0.127 e. The summed E-state index contributed by atoms with van der Waals surface area (Å²) in [6.07, 6.45) is 2.40. The standard InChI is InChI=1S/C17H27NO3/c1-6-18-16-15(7-8-17(16,2)3)21-14-10-12(19-4)9-13(11-14)20-5/h9-11,15-16,18H,6-8H2,1-5H3. The number of methoxy groups -OCH3 is 2. The lowest BCUT2D eigenvalue weighted by Crippen LogP contribution is -2.46. The fourth-order valence-electron chi connectivity index (χ4n) is 3.12. The van der Waals surface area contributed by atoms with Crippen molar-refractivity contribution in [2.45, 2.75) is 45.8 Å². The van der Waals surface area contributed by atoms with Crippen LogP contribution in [0.1, 0.15) is 33.6 Å². The Bertz CT molecular complexity index is 451. The summed E-state index contributed by atoms with van der Waals surface area (Å²) in [5, 5.41) is 3.57. The van der Waals surface area contributed by atoms with Crippen molar-refractivity contribution in [3.05, 3.63) is 18.2 Å². The molecule has 2 unspecified atom stereocenters. The van der Waals surface area contributed by atoms with Gasteiger partial charge in [0, 0.05) is 24.2 Å². The molecule has 0 heterocycles. The van der Waals surface area contributed by atoms with Crippen molar-refractivity contribution in [1.82, 2.24) is 5.32 Å². The molecule has 0 radical (unpaired) electrons. The van der Waals surface area contributed by atoms with Crippen LogP contribution in [0.4, 0.5) is 0 Å². The quantitative estimate of drug-likeness (QED) is 0.874. The fourth-order valence-corrected chi connectivity index (χ4v) is 3.12. The molecule has 118 valence electrons. The lowest BCUT2D eigenvalue weighted by Gasteiger charge is -2.31. The molecule has 0 spiro atoms. The molecule has 1 aliphatic rings. The van der Waals surface area contributed by atoms with Crippen molar-refractivity contribution in [3.8, 4) is 17.2 Å². The number of hydrogen-bond acceptors (Lipinski definition) is 4. The van der Waals surface area contributed by atoms with E-state index in [0.717, 1.165) is 36.6 Å². The second kappa shape index (κ2) is 6.56. The van der Waals surface area contributed by atoms with Crippen LogP contribution in [0.15, 0.2) is 18.2 Å². The average Bonchev–Trinajstić information content (AvgIpc) is 2.75. The van der Waals surface area contributed by atoms with Crippen molar-refractivity contribution in [1.29, 1.82) is 0 Å². The van der Waals surface area contributed by atoms with E-state index in [2.05, 4.69) is 26.1 Å². The zero-order valence-corrected chi connectivity index (χ0v) is 13.7. The van der Waals surface area contributed by atoms with E-state index in [-0.39, 0.29) is 11.5 Å². The normalized spacial score (nSPS) is 23.9. The number of nitrogens with one attached hydrogen (secondary N) is 1. The van der Waals surface area contributed by atoms with Crippen LogP contribution < -0.4 is 19.5 Å². The minimum atomic E-state index is 0.178. The van der Waals surface area contributed by atoms with Gasteiger partial charge in [-0.1, -0.05) is 20.8 Å². The summed E-state index contributed by atoms with van der Waals surface area (Å²) in [5.41, 5.74) is 0.254. The monoisotopic (exact) mass is 293 g/mol. The Balaban J connectivity index is 2.17. The van der Waals surface area contributed by atoms with Crippen molar-refractivity contribution >= 4 is 0 Å². The van der Waals surface area contributed by atoms with E-state index in [1.54, 1.807) is 14.2 Å². The molecule has 0 aliphatic heterocycles. The minimum Gasteiger partial charge on any atom is -0.496 e. The second-order valence-electron chi connectivity index (χ2n) is 6.27. The highest BCUT2D eigenvalue weighted by atomic mass is 16.5. The third kappa shape index (κ3) is 3.62. The van der Waals surface area contributed by atoms with Gasteiger partial charge in [-0.3, -0.25) is 0 Å². The molecule has 2 rings (SSSR count). The molecular weight excluding hydrogens is 266 g/mol. The Hall–Kier alpha value is -1.42. The zero-order valence-electron chi connectivity index (χ0n) is 13.7. The summed E-state index contributed by atoms with van der Waals surface area (Å²) in [4.78, 5) is 0. The third-order valence-corrected chi connectivity index (χ3v) is 4.32. The molecule has 1 aromatic carbocycles. The SMILES string of the molecule is CCNC1C(Oc2cc(OC)cc(OC)c2)CCC1(C)C. The molecule has 4 heteroatoms. The summed E-state index contributed by atoms with van der Waals surface area (Å²) in [6.45, 7) is 7.70. The number of likely N-dealkylation sites (N-methyl/N-ethyl adjacent to an activating group) is 1. The first-order chi connectivity index (χ1) is 10.00. The Morgan fingerprint density at radius 3 is 2.19 bits per heavy atom. The fraction of sp³-hybridized carbons (Fsp3) is 0.647. The Morgan fingerprint density at radius 1 is 1.10 bits per heavy atom. The molecule has 2 atom stereocenters. The Labute approximate surface area is 127 Å². The zero-order chi connectivity index (χ0) is 15.5. The van der Waals surface area contributed by atoms with Gasteiger partial charge in [-0.15, -0.1) is 0 Å². The van der Waals surface area contributed by atoms with Crippen molar-refractivity contribution in [2.24, 2.45) is 5.41 Å². The van der Waals surface area contributed by atoms with Crippen LogP contribution in [0.25, 0.3) is 0 Å². The van der Waals surface area contributed by atoms with Gasteiger partial charge in [-0.2, -0.15) is 0 Å². The first kappa shape index (κ1) is 16.0. The van der Waals surface area contributed by atoms with Gasteiger partial charge >= 0.3 is 0 Å². The minimum absolute atomic E-state index is 0.178. The molecule has 1 aromatic rings. The molecule has 0 aromatic heterocycles. The maximum absolute atomic E-state index is 6.24. The van der Waals surface area contributed by atoms with Crippen molar-refractivity contribution in [2.75, 3.05) is 20.8 Å². The van der Waals surface area contributed by atoms with E-state index in [4.69, 9.17) is 14.2 Å². The van der Waals surface area contributed by atoms with Crippen LogP contribution in [0, 0.1) is 5.41 Å². The predicted octanol–water partition coefficient (Wildman–Crippen LogP) is 3.25. The van der Waals surface area contributed by atoms with Gasteiger partial charge in [0.2, 0.25) is 0 Å². The first-order valence-electron chi connectivity index (χ1n) is 7.63. The highest BCUT2D eigenvalue weighted by molar-refractivity contribution is 5.42. The molecule has 1 N–H and O–H groups in total. The topological polar surface area (TPSA) is 39.7 Å². The number of hydrogen-bond donors (Lipinski definition) is 1. The first-order valence-corrected chi connectivity index (χ1v) is 7.63. The Kier molecular flexibility index (Phi) is 4.99.